The van der Waals surface area contributed by atoms with E-state index >= 15 is 0 Å². The Balaban J connectivity index is 2.21. The zero-order chi connectivity index (χ0) is 17.0. The largest absolute Gasteiger partial charge is 0.339 e. The van der Waals surface area contributed by atoms with Crippen LogP contribution in [0.5, 0.6) is 0 Å². The zero-order valence-electron chi connectivity index (χ0n) is 14.3. The molecule has 0 aliphatic rings. The van der Waals surface area contributed by atoms with Gasteiger partial charge in [0.2, 0.25) is 0 Å². The SMILES string of the molecule is CCN(CC)C(=O)c1ccc(C(Cl)c2ccc(C)c(C)c2)cc1. The van der Waals surface area contributed by atoms with E-state index in [1.54, 1.807) is 0 Å². The quantitative estimate of drug-likeness (QED) is 0.698. The molecule has 1 unspecified atom stereocenters. The van der Waals surface area contributed by atoms with E-state index in [4.69, 9.17) is 11.6 Å². The highest BCUT2D eigenvalue weighted by molar-refractivity contribution is 6.22. The van der Waals surface area contributed by atoms with Gasteiger partial charge in [-0.2, -0.15) is 0 Å². The van der Waals surface area contributed by atoms with Gasteiger partial charge in [-0.3, -0.25) is 4.79 Å². The lowest BCUT2D eigenvalue weighted by atomic mass is 9.99. The number of benzene rings is 2. The average molecular weight is 330 g/mol. The monoisotopic (exact) mass is 329 g/mol. The van der Waals surface area contributed by atoms with E-state index in [0.717, 1.165) is 24.2 Å². The van der Waals surface area contributed by atoms with Crippen LogP contribution < -0.4 is 0 Å². The normalized spacial score (nSPS) is 12.0. The lowest BCUT2D eigenvalue weighted by Crippen LogP contribution is -2.30. The molecule has 0 aliphatic heterocycles. The number of halogens is 1. The van der Waals surface area contributed by atoms with E-state index in [9.17, 15) is 4.79 Å². The topological polar surface area (TPSA) is 20.3 Å². The summed E-state index contributed by atoms with van der Waals surface area (Å²) in [6.45, 7) is 9.61. The van der Waals surface area contributed by atoms with Gasteiger partial charge in [-0.25, -0.2) is 0 Å². The molecule has 0 bridgehead atoms. The molecule has 0 saturated heterocycles. The van der Waals surface area contributed by atoms with E-state index in [1.807, 2.05) is 43.0 Å². The van der Waals surface area contributed by atoms with Crippen molar-refractivity contribution in [1.82, 2.24) is 4.90 Å². The van der Waals surface area contributed by atoms with Gasteiger partial charge in [-0.15, -0.1) is 11.6 Å². The number of aryl methyl sites for hydroxylation is 2. The van der Waals surface area contributed by atoms with Gasteiger partial charge in [-0.1, -0.05) is 30.3 Å². The minimum atomic E-state index is -0.202. The molecule has 0 aromatic heterocycles. The second-order valence-electron chi connectivity index (χ2n) is 5.81. The van der Waals surface area contributed by atoms with Crippen LogP contribution in [-0.4, -0.2) is 23.9 Å². The van der Waals surface area contributed by atoms with Crippen LogP contribution in [0.1, 0.15) is 51.8 Å². The van der Waals surface area contributed by atoms with Crippen LogP contribution in [0.15, 0.2) is 42.5 Å². The fraction of sp³-hybridized carbons (Fsp3) is 0.350. The van der Waals surface area contributed by atoms with Crippen LogP contribution in [0, 0.1) is 13.8 Å². The maximum Gasteiger partial charge on any atom is 0.253 e. The average Bonchev–Trinajstić information content (AvgIpc) is 2.58. The lowest BCUT2D eigenvalue weighted by Gasteiger charge is -2.19. The molecule has 23 heavy (non-hydrogen) atoms. The predicted molar refractivity (Wildman–Crippen MR) is 97.3 cm³/mol. The minimum absolute atomic E-state index is 0.0684. The molecule has 0 heterocycles. The van der Waals surface area contributed by atoms with Crippen molar-refractivity contribution in [3.63, 3.8) is 0 Å². The Morgan fingerprint density at radius 3 is 2.04 bits per heavy atom. The summed E-state index contributed by atoms with van der Waals surface area (Å²) < 4.78 is 0. The second kappa shape index (κ2) is 7.65. The van der Waals surface area contributed by atoms with Gasteiger partial charge in [-0.05, 0) is 62.1 Å². The Bertz CT molecular complexity index is 675. The maximum atomic E-state index is 12.3. The van der Waals surface area contributed by atoms with Gasteiger partial charge in [0.25, 0.3) is 5.91 Å². The number of carbonyl (C=O) groups excluding carboxylic acids is 1. The Labute approximate surface area is 144 Å². The van der Waals surface area contributed by atoms with Gasteiger partial charge >= 0.3 is 0 Å². The zero-order valence-corrected chi connectivity index (χ0v) is 15.0. The minimum Gasteiger partial charge on any atom is -0.339 e. The van der Waals surface area contributed by atoms with E-state index in [1.165, 1.54) is 11.1 Å². The van der Waals surface area contributed by atoms with E-state index in [-0.39, 0.29) is 11.3 Å². The summed E-state index contributed by atoms with van der Waals surface area (Å²) in [5.74, 6) is 0.0684. The third-order valence-electron chi connectivity index (χ3n) is 4.32. The van der Waals surface area contributed by atoms with Crippen LogP contribution in [0.2, 0.25) is 0 Å². The van der Waals surface area contributed by atoms with Crippen molar-refractivity contribution in [2.24, 2.45) is 0 Å². The first-order chi connectivity index (χ1) is 11.0. The van der Waals surface area contributed by atoms with Crippen molar-refractivity contribution in [1.29, 1.82) is 0 Å². The van der Waals surface area contributed by atoms with Gasteiger partial charge in [0.1, 0.15) is 0 Å². The van der Waals surface area contributed by atoms with Crippen molar-refractivity contribution in [2.75, 3.05) is 13.1 Å². The molecule has 2 aromatic carbocycles. The summed E-state index contributed by atoms with van der Waals surface area (Å²) in [4.78, 5) is 14.1. The van der Waals surface area contributed by atoms with Gasteiger partial charge in [0.05, 0.1) is 5.38 Å². The highest BCUT2D eigenvalue weighted by Gasteiger charge is 2.15. The number of carbonyl (C=O) groups is 1. The molecule has 0 fully saturated rings. The van der Waals surface area contributed by atoms with Crippen molar-refractivity contribution in [3.05, 3.63) is 70.3 Å². The van der Waals surface area contributed by atoms with Gasteiger partial charge in [0.15, 0.2) is 0 Å². The first kappa shape index (κ1) is 17.6. The van der Waals surface area contributed by atoms with Crippen LogP contribution in [0.25, 0.3) is 0 Å². The van der Waals surface area contributed by atoms with E-state index in [0.29, 0.717) is 5.56 Å². The Hall–Kier alpha value is -1.80. The smallest absolute Gasteiger partial charge is 0.253 e. The maximum absolute atomic E-state index is 12.3. The predicted octanol–water partition coefficient (Wildman–Crippen LogP) is 5.11. The third-order valence-corrected chi connectivity index (χ3v) is 4.83. The Morgan fingerprint density at radius 2 is 1.52 bits per heavy atom. The van der Waals surface area contributed by atoms with Crippen molar-refractivity contribution in [3.8, 4) is 0 Å². The molecule has 122 valence electrons. The van der Waals surface area contributed by atoms with Crippen LogP contribution in [0.3, 0.4) is 0 Å². The summed E-state index contributed by atoms with van der Waals surface area (Å²) in [5, 5.41) is -0.202. The fourth-order valence-electron chi connectivity index (χ4n) is 2.60. The molecule has 1 amide bonds. The van der Waals surface area contributed by atoms with E-state index in [2.05, 4.69) is 32.0 Å². The van der Waals surface area contributed by atoms with E-state index < -0.39 is 0 Å². The second-order valence-corrected chi connectivity index (χ2v) is 6.24. The van der Waals surface area contributed by atoms with Crippen molar-refractivity contribution >= 4 is 17.5 Å². The standard InChI is InChI=1S/C20H24ClNO/c1-5-22(6-2)20(23)17-11-9-16(10-12-17)19(21)18-8-7-14(3)15(4)13-18/h7-13,19H,5-6H2,1-4H3. The molecule has 1 atom stereocenters. The first-order valence-electron chi connectivity index (χ1n) is 8.08. The number of hydrogen-bond acceptors (Lipinski definition) is 1. The summed E-state index contributed by atoms with van der Waals surface area (Å²) in [7, 11) is 0. The first-order valence-corrected chi connectivity index (χ1v) is 8.52. The summed E-state index contributed by atoms with van der Waals surface area (Å²) >= 11 is 6.61. The lowest BCUT2D eigenvalue weighted by molar-refractivity contribution is 0.0773. The van der Waals surface area contributed by atoms with Crippen LogP contribution in [-0.2, 0) is 0 Å². The molecule has 0 radical (unpaired) electrons. The molecule has 0 spiro atoms. The molecule has 3 heteroatoms. The van der Waals surface area contributed by atoms with Crippen LogP contribution in [0.4, 0.5) is 0 Å². The Kier molecular flexibility index (Phi) is 5.84. The summed E-state index contributed by atoms with van der Waals surface area (Å²) in [5.41, 5.74) is 5.30. The molecule has 0 saturated carbocycles. The third kappa shape index (κ3) is 3.94. The highest BCUT2D eigenvalue weighted by Crippen LogP contribution is 2.30. The van der Waals surface area contributed by atoms with Crippen LogP contribution >= 0.6 is 11.6 Å². The van der Waals surface area contributed by atoms with Crippen molar-refractivity contribution < 1.29 is 4.79 Å². The highest BCUT2D eigenvalue weighted by atomic mass is 35.5. The number of rotatable bonds is 5. The number of nitrogens with zero attached hydrogens (tertiary/aromatic N) is 1. The number of hydrogen-bond donors (Lipinski definition) is 0. The summed E-state index contributed by atoms with van der Waals surface area (Å²) in [6, 6.07) is 13.9. The fourth-order valence-corrected chi connectivity index (χ4v) is 2.88. The molecular formula is C20H24ClNO. The molecule has 0 aliphatic carbocycles. The van der Waals surface area contributed by atoms with Gasteiger partial charge < -0.3 is 4.90 Å². The molecule has 2 aromatic rings. The van der Waals surface area contributed by atoms with Crippen molar-refractivity contribution in [2.45, 2.75) is 33.1 Å². The molecular weight excluding hydrogens is 306 g/mol. The molecule has 0 N–H and O–H groups in total. The number of alkyl halides is 1. The molecule has 2 nitrogen and oxygen atoms in total. The Morgan fingerprint density at radius 1 is 0.957 bits per heavy atom. The molecule has 2 rings (SSSR count). The summed E-state index contributed by atoms with van der Waals surface area (Å²) in [6.07, 6.45) is 0. The number of amides is 1. The van der Waals surface area contributed by atoms with Gasteiger partial charge in [0, 0.05) is 18.7 Å².